The van der Waals surface area contributed by atoms with Gasteiger partial charge in [0, 0.05) is 24.2 Å². The van der Waals surface area contributed by atoms with E-state index in [1.165, 1.54) is 46.9 Å². The van der Waals surface area contributed by atoms with Crippen LogP contribution in [0.1, 0.15) is 76.1 Å². The lowest BCUT2D eigenvalue weighted by atomic mass is 10.1. The highest BCUT2D eigenvalue weighted by atomic mass is 35.5. The van der Waals surface area contributed by atoms with Crippen molar-refractivity contribution in [3.05, 3.63) is 95.1 Å². The van der Waals surface area contributed by atoms with Crippen molar-refractivity contribution in [2.24, 2.45) is 0 Å². The van der Waals surface area contributed by atoms with E-state index >= 15 is 0 Å². The van der Waals surface area contributed by atoms with Gasteiger partial charge in [-0.15, -0.1) is 0 Å². The summed E-state index contributed by atoms with van der Waals surface area (Å²) in [6.45, 7) is 14.3. The zero-order valence-electron chi connectivity index (χ0n) is 28.7. The van der Waals surface area contributed by atoms with Crippen LogP contribution in [-0.4, -0.2) is 65.9 Å². The molecule has 0 unspecified atom stereocenters. The SMILES string of the molecule is CC(C)N(C(=O)c1c(Oc2cnc[n+](O)c2)ccc(F)c1F)C(C)C.CC(C)N(C(=O)c1c(Oc2cncnc2Cl)ccc(F)c1F)C(C)C. The molecule has 0 saturated carbocycles. The lowest BCUT2D eigenvalue weighted by Gasteiger charge is -2.31. The summed E-state index contributed by atoms with van der Waals surface area (Å²) in [5.74, 6) is -6.44. The second-order valence-corrected chi connectivity index (χ2v) is 12.3. The minimum atomic E-state index is -1.28. The first-order chi connectivity index (χ1) is 23.5. The lowest BCUT2D eigenvalue weighted by molar-refractivity contribution is -0.906. The average molecular weight is 722 g/mol. The summed E-state index contributed by atoms with van der Waals surface area (Å²) in [7, 11) is 0. The fourth-order valence-corrected chi connectivity index (χ4v) is 5.19. The normalized spacial score (nSPS) is 11.1. The molecule has 4 rings (SSSR count). The van der Waals surface area contributed by atoms with Crippen LogP contribution < -0.4 is 14.2 Å². The highest BCUT2D eigenvalue weighted by molar-refractivity contribution is 6.30. The maximum atomic E-state index is 14.4. The molecule has 0 spiro atoms. The molecule has 50 heavy (non-hydrogen) atoms. The number of carbonyl (C=O) groups excluding carboxylic acids is 2. The fourth-order valence-electron chi connectivity index (χ4n) is 5.06. The number of aromatic nitrogens is 4. The molecule has 2 aromatic heterocycles. The zero-order valence-corrected chi connectivity index (χ0v) is 29.4. The number of carbonyl (C=O) groups is 2. The third-order valence-corrected chi connectivity index (χ3v) is 7.25. The second kappa shape index (κ2) is 17.1. The van der Waals surface area contributed by atoms with Gasteiger partial charge < -0.3 is 24.5 Å². The highest BCUT2D eigenvalue weighted by Crippen LogP contribution is 2.33. The predicted octanol–water partition coefficient (Wildman–Crippen LogP) is 7.40. The number of nitrogens with zero attached hydrogens (tertiary/aromatic N) is 6. The van der Waals surface area contributed by atoms with Crippen LogP contribution in [0.5, 0.6) is 23.0 Å². The number of halogens is 5. The number of amides is 2. The minimum absolute atomic E-state index is 0.0114. The van der Waals surface area contributed by atoms with Crippen LogP contribution in [-0.2, 0) is 0 Å². The van der Waals surface area contributed by atoms with Gasteiger partial charge in [-0.2, -0.15) is 0 Å². The molecule has 1 N–H and O–H groups in total. The van der Waals surface area contributed by atoms with E-state index in [0.29, 0.717) is 4.73 Å². The van der Waals surface area contributed by atoms with Crippen LogP contribution in [0.25, 0.3) is 0 Å². The van der Waals surface area contributed by atoms with E-state index in [1.807, 2.05) is 0 Å². The molecule has 11 nitrogen and oxygen atoms in total. The maximum Gasteiger partial charge on any atom is 0.324 e. The van der Waals surface area contributed by atoms with E-state index in [9.17, 15) is 32.4 Å². The summed E-state index contributed by atoms with van der Waals surface area (Å²) in [6.07, 6.45) is 6.04. The molecule has 2 heterocycles. The van der Waals surface area contributed by atoms with Crippen molar-refractivity contribution >= 4 is 23.4 Å². The summed E-state index contributed by atoms with van der Waals surface area (Å²) in [6, 6.07) is 3.22. The molecule has 0 atom stereocenters. The maximum absolute atomic E-state index is 14.4. The number of rotatable bonds is 10. The molecular weight excluding hydrogens is 684 g/mol. The van der Waals surface area contributed by atoms with Crippen LogP contribution >= 0.6 is 11.6 Å². The summed E-state index contributed by atoms with van der Waals surface area (Å²) in [5.41, 5.74) is -1.00. The summed E-state index contributed by atoms with van der Waals surface area (Å²) >= 11 is 5.90. The number of benzene rings is 2. The smallest absolute Gasteiger partial charge is 0.324 e. The summed E-state index contributed by atoms with van der Waals surface area (Å²) < 4.78 is 67.9. The molecule has 0 saturated heterocycles. The first-order valence-electron chi connectivity index (χ1n) is 15.4. The Morgan fingerprint density at radius 3 is 1.60 bits per heavy atom. The fraction of sp³-hybridized carbons (Fsp3) is 0.353. The Morgan fingerprint density at radius 2 is 1.18 bits per heavy atom. The van der Waals surface area contributed by atoms with Gasteiger partial charge in [0.2, 0.25) is 5.75 Å². The molecule has 268 valence electrons. The van der Waals surface area contributed by atoms with Gasteiger partial charge in [-0.3, -0.25) is 9.59 Å². The topological polar surface area (TPSA) is 122 Å². The first-order valence-corrected chi connectivity index (χ1v) is 15.8. The molecule has 0 aliphatic rings. The van der Waals surface area contributed by atoms with Gasteiger partial charge in [-0.05, 0) is 84.6 Å². The van der Waals surface area contributed by atoms with Gasteiger partial charge >= 0.3 is 6.33 Å². The monoisotopic (exact) mass is 721 g/mol. The van der Waals surface area contributed by atoms with Gasteiger partial charge in [0.25, 0.3) is 11.8 Å². The van der Waals surface area contributed by atoms with Crippen LogP contribution in [0, 0.1) is 23.3 Å². The van der Waals surface area contributed by atoms with Crippen molar-refractivity contribution < 1.29 is 46.6 Å². The Hall–Kier alpha value is -5.05. The van der Waals surface area contributed by atoms with Crippen molar-refractivity contribution in [3.63, 3.8) is 0 Å². The van der Waals surface area contributed by atoms with Crippen LogP contribution in [0.2, 0.25) is 5.15 Å². The Balaban J connectivity index is 0.000000270. The Bertz CT molecular complexity index is 1810. The van der Waals surface area contributed by atoms with Crippen molar-refractivity contribution in [3.8, 4) is 23.0 Å². The molecular formula is C34H38ClF4N6O5+. The van der Waals surface area contributed by atoms with Gasteiger partial charge in [-0.1, -0.05) is 16.3 Å². The molecule has 0 fully saturated rings. The number of hydrogen-bond acceptors (Lipinski definition) is 8. The van der Waals surface area contributed by atoms with Gasteiger partial charge in [0.1, 0.15) is 29.0 Å². The molecule has 0 aliphatic heterocycles. The first kappa shape index (κ1) is 39.4. The van der Waals surface area contributed by atoms with Gasteiger partial charge in [-0.25, -0.2) is 27.5 Å². The lowest BCUT2D eigenvalue weighted by Crippen LogP contribution is -2.42. The van der Waals surface area contributed by atoms with Crippen LogP contribution in [0.4, 0.5) is 17.6 Å². The molecule has 16 heteroatoms. The van der Waals surface area contributed by atoms with Gasteiger partial charge in [0.15, 0.2) is 46.6 Å². The van der Waals surface area contributed by atoms with E-state index < -0.39 is 46.2 Å². The molecule has 0 bridgehead atoms. The standard InChI is InChI=1S/C17H18ClF2N3O2.C17H20F2N3O3/c1-9(2)23(10(3)4)17(24)14-12(6-5-11(19)15(14)20)25-13-7-21-8-22-16(13)18;1-10(2)22(11(3)4)17(23)15-14(6-5-13(18)16(15)19)25-12-7-20-9-21(24)8-12/h5-10H,1-4H3;5-11,24H,1-4H3/q;+1. The van der Waals surface area contributed by atoms with Crippen LogP contribution in [0.15, 0.2) is 55.5 Å². The Kier molecular flexibility index (Phi) is 13.4. The quantitative estimate of drug-likeness (QED) is 0.0779. The van der Waals surface area contributed by atoms with Crippen molar-refractivity contribution in [1.82, 2.24) is 24.8 Å². The third-order valence-electron chi connectivity index (χ3n) is 6.96. The van der Waals surface area contributed by atoms with E-state index in [1.54, 1.807) is 55.4 Å². The van der Waals surface area contributed by atoms with Crippen LogP contribution in [0.3, 0.4) is 0 Å². The van der Waals surface area contributed by atoms with Crippen molar-refractivity contribution in [2.45, 2.75) is 79.6 Å². The molecule has 2 amide bonds. The van der Waals surface area contributed by atoms with E-state index in [2.05, 4.69) is 15.0 Å². The van der Waals surface area contributed by atoms with E-state index in [-0.39, 0.29) is 52.3 Å². The molecule has 0 radical (unpaired) electrons. The Labute approximate surface area is 292 Å². The van der Waals surface area contributed by atoms with Crippen molar-refractivity contribution in [1.29, 1.82) is 0 Å². The summed E-state index contributed by atoms with van der Waals surface area (Å²) in [5, 5.41) is 9.36. The highest BCUT2D eigenvalue weighted by Gasteiger charge is 2.31. The number of ether oxygens (including phenoxy) is 2. The van der Waals surface area contributed by atoms with Crippen molar-refractivity contribution in [2.75, 3.05) is 0 Å². The predicted molar refractivity (Wildman–Crippen MR) is 174 cm³/mol. The number of hydrogen-bond donors (Lipinski definition) is 1. The van der Waals surface area contributed by atoms with Gasteiger partial charge in [0.05, 0.1) is 6.20 Å². The largest absolute Gasteiger partial charge is 0.452 e. The minimum Gasteiger partial charge on any atom is -0.452 e. The molecule has 2 aromatic carbocycles. The van der Waals surface area contributed by atoms with E-state index in [4.69, 9.17) is 21.1 Å². The Morgan fingerprint density at radius 1 is 0.720 bits per heavy atom. The molecule has 0 aliphatic carbocycles. The second-order valence-electron chi connectivity index (χ2n) is 12.0. The van der Waals surface area contributed by atoms with E-state index in [0.717, 1.165) is 18.5 Å². The molecule has 4 aromatic rings. The third kappa shape index (κ3) is 9.34. The zero-order chi connectivity index (χ0) is 37.4. The average Bonchev–Trinajstić information content (AvgIpc) is 3.01. The summed E-state index contributed by atoms with van der Waals surface area (Å²) in [4.78, 5) is 39.8.